The highest BCUT2D eigenvalue weighted by Gasteiger charge is 2.22. The van der Waals surface area contributed by atoms with Crippen molar-refractivity contribution in [2.24, 2.45) is 0 Å². The van der Waals surface area contributed by atoms with Crippen LogP contribution in [0.4, 0.5) is 0 Å². The molecule has 4 nitrogen and oxygen atoms in total. The minimum Gasteiger partial charge on any atom is -0.342 e. The predicted octanol–water partition coefficient (Wildman–Crippen LogP) is 1.74. The molecule has 1 aliphatic rings. The Hall–Kier alpha value is -0.320. The summed E-state index contributed by atoms with van der Waals surface area (Å²) < 4.78 is 0. The Bertz CT molecular complexity index is 245. The van der Waals surface area contributed by atoms with Gasteiger partial charge in [-0.25, -0.2) is 0 Å². The number of halogens is 1. The lowest BCUT2D eigenvalue weighted by Crippen LogP contribution is -2.48. The van der Waals surface area contributed by atoms with Crippen LogP contribution in [0.15, 0.2) is 0 Å². The quantitative estimate of drug-likeness (QED) is 0.776. The molecule has 1 atom stereocenters. The molecular formula is C14H30ClN3O. The van der Waals surface area contributed by atoms with Crippen molar-refractivity contribution in [2.45, 2.75) is 45.6 Å². The van der Waals surface area contributed by atoms with Gasteiger partial charge in [-0.15, -0.1) is 12.4 Å². The number of piperidine rings is 1. The van der Waals surface area contributed by atoms with Crippen molar-refractivity contribution in [3.63, 3.8) is 0 Å². The Balaban J connectivity index is 0.00000324. The second kappa shape index (κ2) is 10.5. The van der Waals surface area contributed by atoms with Gasteiger partial charge in [0.25, 0.3) is 0 Å². The molecule has 1 rings (SSSR count). The molecule has 114 valence electrons. The molecule has 0 saturated carbocycles. The molecule has 0 aromatic heterocycles. The minimum atomic E-state index is 0. The van der Waals surface area contributed by atoms with E-state index < -0.39 is 0 Å². The summed E-state index contributed by atoms with van der Waals surface area (Å²) in [7, 11) is 2.01. The van der Waals surface area contributed by atoms with Crippen LogP contribution in [-0.2, 0) is 4.79 Å². The van der Waals surface area contributed by atoms with E-state index >= 15 is 0 Å². The van der Waals surface area contributed by atoms with E-state index in [1.807, 2.05) is 11.9 Å². The standard InChI is InChI=1S/C14H29N3O.ClH/c1-4-8-17(9-5-2)14(18)12-16-10-6-7-13(11-16)15-3;/h13,15H,4-12H2,1-3H3;1H. The monoisotopic (exact) mass is 291 g/mol. The Labute approximate surface area is 124 Å². The number of carbonyl (C=O) groups excluding carboxylic acids is 1. The lowest BCUT2D eigenvalue weighted by molar-refractivity contribution is -0.132. The number of nitrogens with zero attached hydrogens (tertiary/aromatic N) is 2. The van der Waals surface area contributed by atoms with Gasteiger partial charge in [-0.2, -0.15) is 0 Å². The fourth-order valence-corrected chi connectivity index (χ4v) is 2.63. The zero-order valence-electron chi connectivity index (χ0n) is 12.7. The Kier molecular flexibility index (Phi) is 10.3. The van der Waals surface area contributed by atoms with E-state index in [4.69, 9.17) is 0 Å². The molecule has 1 fully saturated rings. The predicted molar refractivity (Wildman–Crippen MR) is 82.9 cm³/mol. The first-order valence-electron chi connectivity index (χ1n) is 7.38. The molecule has 0 aliphatic carbocycles. The smallest absolute Gasteiger partial charge is 0.236 e. The van der Waals surface area contributed by atoms with Crippen molar-refractivity contribution < 1.29 is 4.79 Å². The highest BCUT2D eigenvalue weighted by Crippen LogP contribution is 2.10. The zero-order valence-corrected chi connectivity index (χ0v) is 13.5. The molecule has 1 heterocycles. The van der Waals surface area contributed by atoms with Gasteiger partial charge in [-0.05, 0) is 39.3 Å². The van der Waals surface area contributed by atoms with Crippen molar-refractivity contribution in [1.29, 1.82) is 0 Å². The topological polar surface area (TPSA) is 35.6 Å². The Morgan fingerprint density at radius 1 is 1.32 bits per heavy atom. The Morgan fingerprint density at radius 3 is 2.47 bits per heavy atom. The highest BCUT2D eigenvalue weighted by atomic mass is 35.5. The molecular weight excluding hydrogens is 262 g/mol. The third-order valence-corrected chi connectivity index (χ3v) is 3.61. The molecule has 0 aromatic carbocycles. The number of hydrogen-bond acceptors (Lipinski definition) is 3. The maximum absolute atomic E-state index is 12.3. The summed E-state index contributed by atoms with van der Waals surface area (Å²) in [6.45, 7) is 8.73. The molecule has 1 N–H and O–H groups in total. The van der Waals surface area contributed by atoms with Gasteiger partial charge in [0.2, 0.25) is 5.91 Å². The largest absolute Gasteiger partial charge is 0.342 e. The van der Waals surface area contributed by atoms with Gasteiger partial charge in [-0.3, -0.25) is 9.69 Å². The number of likely N-dealkylation sites (N-methyl/N-ethyl adjacent to an activating group) is 1. The van der Waals surface area contributed by atoms with E-state index in [0.717, 1.165) is 39.0 Å². The van der Waals surface area contributed by atoms with Crippen LogP contribution >= 0.6 is 12.4 Å². The molecule has 0 radical (unpaired) electrons. The van der Waals surface area contributed by atoms with E-state index in [1.54, 1.807) is 0 Å². The van der Waals surface area contributed by atoms with Crippen LogP contribution in [0.5, 0.6) is 0 Å². The van der Waals surface area contributed by atoms with Gasteiger partial charge < -0.3 is 10.2 Å². The summed E-state index contributed by atoms with van der Waals surface area (Å²) in [6, 6.07) is 0.553. The third-order valence-electron chi connectivity index (χ3n) is 3.61. The van der Waals surface area contributed by atoms with E-state index in [2.05, 4.69) is 24.1 Å². The highest BCUT2D eigenvalue weighted by molar-refractivity contribution is 5.85. The maximum Gasteiger partial charge on any atom is 0.236 e. The summed E-state index contributed by atoms with van der Waals surface area (Å²) in [4.78, 5) is 16.6. The average Bonchev–Trinajstić information content (AvgIpc) is 2.38. The number of nitrogens with one attached hydrogen (secondary N) is 1. The summed E-state index contributed by atoms with van der Waals surface area (Å²) in [5.41, 5.74) is 0. The maximum atomic E-state index is 12.3. The minimum absolute atomic E-state index is 0. The van der Waals surface area contributed by atoms with E-state index in [1.165, 1.54) is 12.8 Å². The lowest BCUT2D eigenvalue weighted by Gasteiger charge is -2.33. The summed E-state index contributed by atoms with van der Waals surface area (Å²) in [6.07, 6.45) is 4.52. The van der Waals surface area contributed by atoms with Crippen LogP contribution in [0.1, 0.15) is 39.5 Å². The SMILES string of the molecule is CCCN(CCC)C(=O)CN1CCCC(NC)C1.Cl. The van der Waals surface area contributed by atoms with Gasteiger partial charge in [0.15, 0.2) is 0 Å². The number of amides is 1. The van der Waals surface area contributed by atoms with Gasteiger partial charge >= 0.3 is 0 Å². The molecule has 1 unspecified atom stereocenters. The second-order valence-corrected chi connectivity index (χ2v) is 5.24. The lowest BCUT2D eigenvalue weighted by atomic mass is 10.1. The molecule has 0 bridgehead atoms. The fraction of sp³-hybridized carbons (Fsp3) is 0.929. The van der Waals surface area contributed by atoms with Gasteiger partial charge in [0, 0.05) is 25.7 Å². The molecule has 19 heavy (non-hydrogen) atoms. The van der Waals surface area contributed by atoms with Crippen LogP contribution in [0.2, 0.25) is 0 Å². The van der Waals surface area contributed by atoms with Crippen LogP contribution in [0, 0.1) is 0 Å². The number of carbonyl (C=O) groups is 1. The summed E-state index contributed by atoms with van der Waals surface area (Å²) in [5, 5.41) is 3.32. The fourth-order valence-electron chi connectivity index (χ4n) is 2.63. The molecule has 0 spiro atoms. The zero-order chi connectivity index (χ0) is 13.4. The third kappa shape index (κ3) is 6.59. The molecule has 1 saturated heterocycles. The normalized spacial score (nSPS) is 19.8. The van der Waals surface area contributed by atoms with Crippen molar-refractivity contribution >= 4 is 18.3 Å². The van der Waals surface area contributed by atoms with Gasteiger partial charge in [0.1, 0.15) is 0 Å². The molecule has 5 heteroatoms. The summed E-state index contributed by atoms with van der Waals surface area (Å²) in [5.74, 6) is 0.301. The first-order valence-corrected chi connectivity index (χ1v) is 7.38. The van der Waals surface area contributed by atoms with E-state index in [9.17, 15) is 4.79 Å². The molecule has 1 amide bonds. The number of hydrogen-bond donors (Lipinski definition) is 1. The molecule has 0 aromatic rings. The first kappa shape index (κ1) is 18.7. The average molecular weight is 292 g/mol. The van der Waals surface area contributed by atoms with Gasteiger partial charge in [0.05, 0.1) is 6.54 Å². The second-order valence-electron chi connectivity index (χ2n) is 5.24. The van der Waals surface area contributed by atoms with Crippen LogP contribution in [0.25, 0.3) is 0 Å². The van der Waals surface area contributed by atoms with Crippen LogP contribution in [-0.4, -0.2) is 61.5 Å². The van der Waals surface area contributed by atoms with Crippen LogP contribution < -0.4 is 5.32 Å². The van der Waals surface area contributed by atoms with Crippen LogP contribution in [0.3, 0.4) is 0 Å². The first-order chi connectivity index (χ1) is 8.71. The van der Waals surface area contributed by atoms with Crippen molar-refractivity contribution in [3.8, 4) is 0 Å². The van der Waals surface area contributed by atoms with E-state index in [-0.39, 0.29) is 12.4 Å². The summed E-state index contributed by atoms with van der Waals surface area (Å²) >= 11 is 0. The van der Waals surface area contributed by atoms with Crippen molar-refractivity contribution in [1.82, 2.24) is 15.1 Å². The number of rotatable bonds is 7. The Morgan fingerprint density at radius 2 is 1.95 bits per heavy atom. The van der Waals surface area contributed by atoms with E-state index in [0.29, 0.717) is 18.5 Å². The van der Waals surface area contributed by atoms with Crippen molar-refractivity contribution in [3.05, 3.63) is 0 Å². The molecule has 1 aliphatic heterocycles. The van der Waals surface area contributed by atoms with Gasteiger partial charge in [-0.1, -0.05) is 13.8 Å². The number of likely N-dealkylation sites (tertiary alicyclic amines) is 1. The van der Waals surface area contributed by atoms with Crippen molar-refractivity contribution in [2.75, 3.05) is 39.8 Å².